The van der Waals surface area contributed by atoms with E-state index >= 15 is 0 Å². The van der Waals surface area contributed by atoms with Gasteiger partial charge in [0.05, 0.1) is 31.5 Å². The number of carbonyl (C=O) groups excluding carboxylic acids is 1. The maximum atomic E-state index is 13.1. The number of carbonyl (C=O) groups is 1. The Kier molecular flexibility index (Phi) is 9.08. The van der Waals surface area contributed by atoms with Crippen molar-refractivity contribution in [3.8, 4) is 11.5 Å². The van der Waals surface area contributed by atoms with Crippen molar-refractivity contribution in [1.29, 1.82) is 0 Å². The van der Waals surface area contributed by atoms with Gasteiger partial charge in [-0.2, -0.15) is 0 Å². The molecule has 0 N–H and O–H groups in total. The third-order valence-electron chi connectivity index (χ3n) is 4.50. The summed E-state index contributed by atoms with van der Waals surface area (Å²) in [6.07, 6.45) is 6.69. The molecule has 1 aliphatic rings. The molecule has 1 aromatic carbocycles. The first-order chi connectivity index (χ1) is 15.3. The predicted octanol–water partition coefficient (Wildman–Crippen LogP) is 6.38. The molecule has 0 aliphatic heterocycles. The van der Waals surface area contributed by atoms with Crippen LogP contribution in [0.2, 0.25) is 0 Å². The first kappa shape index (κ1) is 25.2. The highest BCUT2D eigenvalue weighted by atomic mass is 35.5. The summed E-state index contributed by atoms with van der Waals surface area (Å²) in [6, 6.07) is 3.47. The maximum Gasteiger partial charge on any atom is 0.420 e. The molecule has 8 heteroatoms. The molecule has 0 radical (unpaired) electrons. The van der Waals surface area contributed by atoms with Crippen molar-refractivity contribution in [3.05, 3.63) is 53.0 Å². The normalized spacial score (nSPS) is 13.2. The molecule has 0 bridgehead atoms. The van der Waals surface area contributed by atoms with Crippen molar-refractivity contribution < 1.29 is 19.0 Å². The number of anilines is 1. The second-order valence-corrected chi connectivity index (χ2v) is 7.40. The summed E-state index contributed by atoms with van der Waals surface area (Å²) >= 11 is 6.43. The number of methoxy groups -OCH3 is 2. The molecule has 0 saturated heterocycles. The molecular weight excluding hydrogens is 430 g/mol. The van der Waals surface area contributed by atoms with E-state index in [4.69, 9.17) is 25.8 Å². The number of ether oxygens (including phenoxy) is 3. The quantitative estimate of drug-likeness (QED) is 0.516. The number of amides is 1. The molecule has 0 unspecified atom stereocenters. The fourth-order valence-corrected chi connectivity index (χ4v) is 3.20. The van der Waals surface area contributed by atoms with Gasteiger partial charge in [-0.1, -0.05) is 37.1 Å². The molecule has 0 saturated carbocycles. The van der Waals surface area contributed by atoms with E-state index in [1.54, 1.807) is 46.3 Å². The van der Waals surface area contributed by atoms with Gasteiger partial charge in [-0.15, -0.1) is 0 Å². The molecule has 172 valence electrons. The number of halogens is 1. The van der Waals surface area contributed by atoms with E-state index in [9.17, 15) is 4.79 Å². The fraction of sp³-hybridized carbons (Fsp3) is 0.375. The van der Waals surface area contributed by atoms with E-state index in [0.717, 1.165) is 5.57 Å². The highest BCUT2D eigenvalue weighted by Crippen LogP contribution is 2.36. The minimum Gasteiger partial charge on any atom is -0.493 e. The van der Waals surface area contributed by atoms with E-state index in [2.05, 4.69) is 9.97 Å². The number of hydrogen-bond acceptors (Lipinski definition) is 6. The smallest absolute Gasteiger partial charge is 0.420 e. The lowest BCUT2D eigenvalue weighted by Gasteiger charge is -2.24. The van der Waals surface area contributed by atoms with Gasteiger partial charge in [0, 0.05) is 16.5 Å². The predicted molar refractivity (Wildman–Crippen MR) is 128 cm³/mol. The van der Waals surface area contributed by atoms with Crippen LogP contribution in [0.3, 0.4) is 0 Å². The number of aromatic nitrogens is 2. The number of allylic oxidation sites excluding steroid dienone is 5. The van der Waals surface area contributed by atoms with Gasteiger partial charge in [0.2, 0.25) is 0 Å². The number of nitrogens with zero attached hydrogens (tertiary/aromatic N) is 3. The van der Waals surface area contributed by atoms with Crippen molar-refractivity contribution in [2.45, 2.75) is 47.1 Å². The van der Waals surface area contributed by atoms with Crippen molar-refractivity contribution >= 4 is 34.4 Å². The van der Waals surface area contributed by atoms with Crippen LogP contribution in [0.1, 0.15) is 41.0 Å². The molecule has 1 aromatic heterocycles. The highest BCUT2D eigenvalue weighted by Gasteiger charge is 2.26. The van der Waals surface area contributed by atoms with Gasteiger partial charge in [0.1, 0.15) is 6.33 Å². The van der Waals surface area contributed by atoms with Crippen molar-refractivity contribution in [1.82, 2.24) is 9.97 Å². The van der Waals surface area contributed by atoms with Gasteiger partial charge >= 0.3 is 6.09 Å². The Balaban J connectivity index is 0.00000176. The SMILES string of the molecule is CC.COc1cc2ncnc(N(C(=O)OC(C)C)C3=CC(Cl)=C(C)CC=C3)c2cc1OC. The highest BCUT2D eigenvalue weighted by molar-refractivity contribution is 6.31. The summed E-state index contributed by atoms with van der Waals surface area (Å²) in [5.41, 5.74) is 2.13. The molecule has 1 heterocycles. The summed E-state index contributed by atoms with van der Waals surface area (Å²) in [4.78, 5) is 23.2. The molecule has 1 aliphatic carbocycles. The average molecular weight is 460 g/mol. The van der Waals surface area contributed by atoms with Crippen molar-refractivity contribution in [3.63, 3.8) is 0 Å². The lowest BCUT2D eigenvalue weighted by atomic mass is 10.2. The monoisotopic (exact) mass is 459 g/mol. The van der Waals surface area contributed by atoms with Crippen LogP contribution in [-0.2, 0) is 4.74 Å². The zero-order valence-electron chi connectivity index (χ0n) is 19.6. The third-order valence-corrected chi connectivity index (χ3v) is 4.94. The standard InChI is InChI=1S/C22H24ClN3O4.C2H6/c1-13(2)30-22(27)26(15-8-6-7-14(3)17(23)9-15)21-16-10-19(28-4)20(29-5)11-18(16)24-12-25-21;1-2/h6,8-13H,7H2,1-5H3;1-2H3. The van der Waals surface area contributed by atoms with Crippen LogP contribution in [-0.4, -0.2) is 36.4 Å². The minimum absolute atomic E-state index is 0.314. The zero-order valence-corrected chi connectivity index (χ0v) is 20.4. The van der Waals surface area contributed by atoms with E-state index in [-0.39, 0.29) is 6.10 Å². The first-order valence-corrected chi connectivity index (χ1v) is 10.8. The molecule has 0 fully saturated rings. The van der Waals surface area contributed by atoms with E-state index in [0.29, 0.717) is 45.4 Å². The summed E-state index contributed by atoms with van der Waals surface area (Å²) in [7, 11) is 3.09. The van der Waals surface area contributed by atoms with E-state index in [1.807, 2.05) is 32.9 Å². The summed E-state index contributed by atoms with van der Waals surface area (Å²) in [6.45, 7) is 9.52. The molecule has 32 heavy (non-hydrogen) atoms. The Hall–Kier alpha value is -3.06. The summed E-state index contributed by atoms with van der Waals surface area (Å²) in [5.74, 6) is 1.38. The average Bonchev–Trinajstić information content (AvgIpc) is 2.94. The van der Waals surface area contributed by atoms with Gasteiger partial charge in [0.15, 0.2) is 17.3 Å². The largest absolute Gasteiger partial charge is 0.493 e. The minimum atomic E-state index is -0.570. The zero-order chi connectivity index (χ0) is 23.8. The van der Waals surface area contributed by atoms with Gasteiger partial charge in [-0.25, -0.2) is 19.7 Å². The topological polar surface area (TPSA) is 73.8 Å². The van der Waals surface area contributed by atoms with Crippen molar-refractivity contribution in [2.24, 2.45) is 0 Å². The lowest BCUT2D eigenvalue weighted by Crippen LogP contribution is -2.33. The molecule has 0 spiro atoms. The molecule has 1 amide bonds. The van der Waals surface area contributed by atoms with E-state index in [1.165, 1.54) is 11.2 Å². The molecule has 2 aromatic rings. The Morgan fingerprint density at radius 1 is 1.12 bits per heavy atom. The van der Waals surface area contributed by atoms with Crippen LogP contribution in [0.5, 0.6) is 11.5 Å². The number of hydrogen-bond donors (Lipinski definition) is 0. The van der Waals surface area contributed by atoms with Crippen LogP contribution in [0.25, 0.3) is 10.9 Å². The fourth-order valence-electron chi connectivity index (χ4n) is 3.01. The second-order valence-electron chi connectivity index (χ2n) is 6.99. The van der Waals surface area contributed by atoms with Crippen LogP contribution in [0.15, 0.2) is 53.0 Å². The molecule has 0 atom stereocenters. The maximum absolute atomic E-state index is 13.1. The third kappa shape index (κ3) is 5.59. The van der Waals surface area contributed by atoms with Crippen LogP contribution in [0, 0.1) is 0 Å². The number of benzene rings is 1. The van der Waals surface area contributed by atoms with Crippen LogP contribution >= 0.6 is 11.6 Å². The van der Waals surface area contributed by atoms with Crippen LogP contribution < -0.4 is 14.4 Å². The second kappa shape index (κ2) is 11.5. The Bertz CT molecular complexity index is 1060. The molecule has 7 nitrogen and oxygen atoms in total. The Morgan fingerprint density at radius 2 is 1.78 bits per heavy atom. The Labute approximate surface area is 194 Å². The van der Waals surface area contributed by atoms with E-state index < -0.39 is 6.09 Å². The Morgan fingerprint density at radius 3 is 2.41 bits per heavy atom. The van der Waals surface area contributed by atoms with Gasteiger partial charge in [0.25, 0.3) is 0 Å². The van der Waals surface area contributed by atoms with Crippen LogP contribution in [0.4, 0.5) is 10.6 Å². The van der Waals surface area contributed by atoms with Gasteiger partial charge in [-0.05, 0) is 45.4 Å². The van der Waals surface area contributed by atoms with Crippen molar-refractivity contribution in [2.75, 3.05) is 19.1 Å². The summed E-state index contributed by atoms with van der Waals surface area (Å²) < 4.78 is 16.3. The number of rotatable bonds is 5. The molecule has 3 rings (SSSR count). The summed E-state index contributed by atoms with van der Waals surface area (Å²) in [5, 5.41) is 1.17. The lowest BCUT2D eigenvalue weighted by molar-refractivity contribution is 0.124. The van der Waals surface area contributed by atoms with Gasteiger partial charge < -0.3 is 14.2 Å². The first-order valence-electron chi connectivity index (χ1n) is 10.5. The van der Waals surface area contributed by atoms with Gasteiger partial charge in [-0.3, -0.25) is 0 Å². The molecular formula is C24H30ClN3O4. The number of fused-ring (bicyclic) bond motifs is 1.